The van der Waals surface area contributed by atoms with Crippen molar-refractivity contribution < 1.29 is 13.2 Å². The lowest BCUT2D eigenvalue weighted by Gasteiger charge is -2.32. The van der Waals surface area contributed by atoms with E-state index in [2.05, 4.69) is 4.98 Å². The van der Waals surface area contributed by atoms with Gasteiger partial charge in [-0.1, -0.05) is 11.6 Å². The highest BCUT2D eigenvalue weighted by Gasteiger charge is 2.29. The molecule has 134 valence electrons. The van der Waals surface area contributed by atoms with E-state index in [4.69, 9.17) is 11.6 Å². The van der Waals surface area contributed by atoms with Crippen LogP contribution in [0.4, 0.5) is 0 Å². The van der Waals surface area contributed by atoms with E-state index in [1.807, 2.05) is 24.0 Å². The molecule has 5 nitrogen and oxygen atoms in total. The minimum absolute atomic E-state index is 0.0103. The smallest absolute Gasteiger partial charge is 0.263 e. The second-order valence-corrected chi connectivity index (χ2v) is 9.99. The van der Waals surface area contributed by atoms with Gasteiger partial charge in [-0.2, -0.15) is 0 Å². The van der Waals surface area contributed by atoms with E-state index < -0.39 is 9.84 Å². The minimum Gasteiger partial charge on any atom is -0.338 e. The number of amides is 1. The zero-order valence-electron chi connectivity index (χ0n) is 14.0. The molecule has 0 radical (unpaired) electrons. The number of aryl methyl sites for hydroxylation is 1. The molecule has 2 aromatic rings. The Balaban J connectivity index is 1.76. The van der Waals surface area contributed by atoms with Crippen molar-refractivity contribution >= 4 is 38.7 Å². The van der Waals surface area contributed by atoms with Crippen LogP contribution in [0.25, 0.3) is 0 Å². The molecule has 1 saturated heterocycles. The number of thiophene rings is 1. The first kappa shape index (κ1) is 18.4. The number of piperidine rings is 1. The van der Waals surface area contributed by atoms with Gasteiger partial charge in [0.1, 0.15) is 0 Å². The van der Waals surface area contributed by atoms with Crippen LogP contribution in [0.2, 0.25) is 5.02 Å². The highest BCUT2D eigenvalue weighted by Crippen LogP contribution is 2.33. The van der Waals surface area contributed by atoms with Crippen LogP contribution in [0.15, 0.2) is 29.3 Å². The average Bonchev–Trinajstić information content (AvgIpc) is 3.00. The van der Waals surface area contributed by atoms with Gasteiger partial charge in [0, 0.05) is 36.3 Å². The van der Waals surface area contributed by atoms with E-state index in [1.165, 1.54) is 29.9 Å². The summed E-state index contributed by atoms with van der Waals surface area (Å²) in [5.74, 6) is 0.0556. The summed E-state index contributed by atoms with van der Waals surface area (Å²) in [6.07, 6.45) is 4.03. The molecule has 0 bridgehead atoms. The Kier molecular flexibility index (Phi) is 5.18. The summed E-state index contributed by atoms with van der Waals surface area (Å²) in [5.41, 5.74) is 0.561. The Morgan fingerprint density at radius 3 is 2.56 bits per heavy atom. The van der Waals surface area contributed by atoms with Crippen molar-refractivity contribution in [3.63, 3.8) is 0 Å². The van der Waals surface area contributed by atoms with Crippen LogP contribution in [-0.2, 0) is 9.84 Å². The maximum Gasteiger partial charge on any atom is 0.263 e. The predicted octanol–water partition coefficient (Wildman–Crippen LogP) is 3.53. The molecule has 3 heterocycles. The first-order chi connectivity index (χ1) is 11.8. The summed E-state index contributed by atoms with van der Waals surface area (Å²) in [7, 11) is -3.40. The molecule has 0 unspecified atom stereocenters. The van der Waals surface area contributed by atoms with Crippen molar-refractivity contribution in [1.29, 1.82) is 0 Å². The predicted molar refractivity (Wildman–Crippen MR) is 99.3 cm³/mol. The molecule has 8 heteroatoms. The standard InChI is InChI=1S/C17H19ClN2O3S2/c1-11-3-4-14(24-11)17(21)20-7-5-12(6-8-20)16-15(25(2,22)23)9-13(18)10-19-16/h3-4,9-10,12H,5-8H2,1-2H3. The average molecular weight is 399 g/mol. The Hall–Kier alpha value is -1.44. The molecule has 0 aliphatic carbocycles. The number of carbonyl (C=O) groups excluding carboxylic acids is 1. The lowest BCUT2D eigenvalue weighted by atomic mass is 9.93. The Labute approximate surface area is 156 Å². The third-order valence-corrected chi connectivity index (χ3v) is 6.69. The van der Waals surface area contributed by atoms with Crippen molar-refractivity contribution in [3.8, 4) is 0 Å². The van der Waals surface area contributed by atoms with Crippen molar-refractivity contribution in [3.05, 3.63) is 44.9 Å². The van der Waals surface area contributed by atoms with E-state index in [9.17, 15) is 13.2 Å². The zero-order chi connectivity index (χ0) is 18.2. The summed E-state index contributed by atoms with van der Waals surface area (Å²) < 4.78 is 24.1. The molecule has 1 aliphatic heterocycles. The third-order valence-electron chi connectivity index (χ3n) is 4.37. The Bertz CT molecular complexity index is 900. The molecule has 0 N–H and O–H groups in total. The molecule has 0 spiro atoms. The van der Waals surface area contributed by atoms with Gasteiger partial charge in [0.25, 0.3) is 5.91 Å². The topological polar surface area (TPSA) is 67.3 Å². The van der Waals surface area contributed by atoms with E-state index in [0.29, 0.717) is 36.6 Å². The van der Waals surface area contributed by atoms with Crippen LogP contribution in [0.1, 0.15) is 39.0 Å². The zero-order valence-corrected chi connectivity index (χ0v) is 16.4. The Morgan fingerprint density at radius 1 is 1.32 bits per heavy atom. The summed E-state index contributed by atoms with van der Waals surface area (Å²) in [4.78, 5) is 20.7. The summed E-state index contributed by atoms with van der Waals surface area (Å²) in [5, 5.41) is 0.310. The second kappa shape index (κ2) is 7.05. The van der Waals surface area contributed by atoms with Gasteiger partial charge in [0.2, 0.25) is 0 Å². The molecule has 3 rings (SSSR count). The number of carbonyl (C=O) groups is 1. The molecule has 1 aliphatic rings. The number of halogens is 1. The van der Waals surface area contributed by atoms with E-state index in [-0.39, 0.29) is 16.7 Å². The number of aromatic nitrogens is 1. The van der Waals surface area contributed by atoms with Crippen LogP contribution in [-0.4, -0.2) is 43.6 Å². The normalized spacial score (nSPS) is 16.2. The molecule has 25 heavy (non-hydrogen) atoms. The lowest BCUT2D eigenvalue weighted by molar-refractivity contribution is 0.0716. The van der Waals surface area contributed by atoms with Gasteiger partial charge in [-0.05, 0) is 38.0 Å². The first-order valence-electron chi connectivity index (χ1n) is 7.97. The SMILES string of the molecule is Cc1ccc(C(=O)N2CCC(c3ncc(Cl)cc3S(C)(=O)=O)CC2)s1. The maximum absolute atomic E-state index is 12.5. The van der Waals surface area contributed by atoms with E-state index in [0.717, 1.165) is 9.75 Å². The number of nitrogens with zero attached hydrogens (tertiary/aromatic N) is 2. The number of likely N-dealkylation sites (tertiary alicyclic amines) is 1. The second-order valence-electron chi connectivity index (χ2n) is 6.29. The van der Waals surface area contributed by atoms with Gasteiger partial charge in [-0.25, -0.2) is 8.42 Å². The van der Waals surface area contributed by atoms with Gasteiger partial charge < -0.3 is 4.90 Å². The largest absolute Gasteiger partial charge is 0.338 e. The van der Waals surface area contributed by atoms with Crippen LogP contribution in [0.5, 0.6) is 0 Å². The highest BCUT2D eigenvalue weighted by atomic mass is 35.5. The third kappa shape index (κ3) is 4.04. The molecule has 0 aromatic carbocycles. The van der Waals surface area contributed by atoms with Gasteiger partial charge in [-0.3, -0.25) is 9.78 Å². The fourth-order valence-corrected chi connectivity index (χ4v) is 5.09. The van der Waals surface area contributed by atoms with Gasteiger partial charge >= 0.3 is 0 Å². The first-order valence-corrected chi connectivity index (χ1v) is 11.1. The van der Waals surface area contributed by atoms with Crippen molar-refractivity contribution in [1.82, 2.24) is 9.88 Å². The molecule has 1 fully saturated rings. The summed E-state index contributed by atoms with van der Waals surface area (Å²) in [6.45, 7) is 3.16. The van der Waals surface area contributed by atoms with E-state index in [1.54, 1.807) is 0 Å². The maximum atomic E-state index is 12.5. The number of pyridine rings is 1. The molecule has 0 atom stereocenters. The van der Waals surface area contributed by atoms with E-state index >= 15 is 0 Å². The van der Waals surface area contributed by atoms with Gasteiger partial charge in [0.05, 0.1) is 20.5 Å². The summed E-state index contributed by atoms with van der Waals surface area (Å²) in [6, 6.07) is 5.27. The van der Waals surface area contributed by atoms with Gasteiger partial charge in [-0.15, -0.1) is 11.3 Å². The lowest BCUT2D eigenvalue weighted by Crippen LogP contribution is -2.38. The van der Waals surface area contributed by atoms with Crippen molar-refractivity contribution in [2.24, 2.45) is 0 Å². The van der Waals surface area contributed by atoms with Crippen LogP contribution in [0.3, 0.4) is 0 Å². The van der Waals surface area contributed by atoms with Crippen molar-refractivity contribution in [2.75, 3.05) is 19.3 Å². The molecular formula is C17H19ClN2O3S2. The minimum atomic E-state index is -3.40. The molecule has 1 amide bonds. The Morgan fingerprint density at radius 2 is 2.00 bits per heavy atom. The molecule has 2 aromatic heterocycles. The van der Waals surface area contributed by atoms with Crippen molar-refractivity contribution in [2.45, 2.75) is 30.6 Å². The van der Waals surface area contributed by atoms with Gasteiger partial charge in [0.15, 0.2) is 9.84 Å². The number of hydrogen-bond acceptors (Lipinski definition) is 5. The highest BCUT2D eigenvalue weighted by molar-refractivity contribution is 7.90. The quantitative estimate of drug-likeness (QED) is 0.793. The van der Waals surface area contributed by atoms with Crippen LogP contribution >= 0.6 is 22.9 Å². The fourth-order valence-electron chi connectivity index (χ4n) is 3.10. The fraction of sp³-hybridized carbons (Fsp3) is 0.412. The summed E-state index contributed by atoms with van der Waals surface area (Å²) >= 11 is 7.41. The van der Waals surface area contributed by atoms with Crippen LogP contribution < -0.4 is 0 Å². The number of sulfone groups is 1. The number of rotatable bonds is 3. The number of hydrogen-bond donors (Lipinski definition) is 0. The molecule has 0 saturated carbocycles. The molecular weight excluding hydrogens is 380 g/mol. The monoisotopic (exact) mass is 398 g/mol. The van der Waals surface area contributed by atoms with Crippen LogP contribution in [0, 0.1) is 6.92 Å².